The van der Waals surface area contributed by atoms with E-state index >= 15 is 0 Å². The van der Waals surface area contributed by atoms with E-state index in [0.717, 1.165) is 42.7 Å². The van der Waals surface area contributed by atoms with Gasteiger partial charge in [0, 0.05) is 37.9 Å². The number of amides is 1. The molecule has 0 radical (unpaired) electrons. The average molecular weight is 546 g/mol. The van der Waals surface area contributed by atoms with E-state index in [0.29, 0.717) is 11.7 Å². The average Bonchev–Trinajstić information content (AvgIpc) is 3.59. The molecule has 1 aliphatic carbocycles. The number of fused-ring (bicyclic) bond motifs is 2. The molecule has 2 N–H and O–H groups in total. The number of anilines is 1. The molecule has 0 bridgehead atoms. The van der Waals surface area contributed by atoms with Gasteiger partial charge in [-0.05, 0) is 53.5 Å². The van der Waals surface area contributed by atoms with Crippen molar-refractivity contribution in [3.63, 3.8) is 0 Å². The molecule has 12 heteroatoms. The zero-order valence-electron chi connectivity index (χ0n) is 22.5. The van der Waals surface area contributed by atoms with E-state index in [4.69, 9.17) is 25.8 Å². The molecule has 3 aromatic rings. The van der Waals surface area contributed by atoms with Crippen LogP contribution in [0.5, 0.6) is 0 Å². The Kier molecular flexibility index (Phi) is 7.27. The van der Waals surface area contributed by atoms with Crippen molar-refractivity contribution in [2.24, 2.45) is 5.92 Å². The summed E-state index contributed by atoms with van der Waals surface area (Å²) in [6.07, 6.45) is 8.19. The smallest absolute Gasteiger partial charge is 0.407 e. The lowest BCUT2D eigenvalue weighted by Gasteiger charge is -2.30. The van der Waals surface area contributed by atoms with Crippen LogP contribution in [0, 0.1) is 5.92 Å². The second-order valence-electron chi connectivity index (χ2n) is 11.4. The van der Waals surface area contributed by atoms with Gasteiger partial charge in [0.15, 0.2) is 5.79 Å². The molecule has 11 nitrogen and oxygen atoms in total. The van der Waals surface area contributed by atoms with Gasteiger partial charge in [0.1, 0.15) is 28.8 Å². The summed E-state index contributed by atoms with van der Waals surface area (Å²) in [7, 11) is 0. The molecule has 1 saturated heterocycles. The highest BCUT2D eigenvalue weighted by Gasteiger charge is 2.55. The molecule has 1 aliphatic heterocycles. The number of halogens is 1. The molecule has 2 aliphatic rings. The number of rotatable bonds is 8. The molecular weight excluding hydrogens is 510 g/mol. The number of aromatic amines is 1. The summed E-state index contributed by atoms with van der Waals surface area (Å²) in [5.74, 6) is -0.491. The van der Waals surface area contributed by atoms with Gasteiger partial charge in [-0.1, -0.05) is 11.6 Å². The standard InChI is InChI=1S/C26H36ClN7O4/c1-25(2,3)38-24(35)28-8-6-9-33(17-12-31-32-13-17)14-16-11-19(21-20(16)36-26(4,5)37-21)34-10-7-18-22(27)29-15-30-23(18)34/h7,10,12-13,15-16,19-21H,6,8-9,11,14H2,1-5H3,(H,28,35)(H,31,32)/t16-,19-,20-,21+/m1/s1. The third-order valence-electron chi connectivity index (χ3n) is 6.95. The molecule has 4 heterocycles. The Morgan fingerprint density at radius 2 is 2.11 bits per heavy atom. The molecule has 0 unspecified atom stereocenters. The first-order valence-electron chi connectivity index (χ1n) is 13.0. The maximum atomic E-state index is 12.0. The molecule has 4 atom stereocenters. The lowest BCUT2D eigenvalue weighted by molar-refractivity contribution is -0.159. The van der Waals surface area contributed by atoms with Crippen molar-refractivity contribution in [1.82, 2.24) is 30.0 Å². The number of carbonyl (C=O) groups excluding carboxylic acids is 1. The Labute approximate surface area is 227 Å². The minimum Gasteiger partial charge on any atom is -0.444 e. The summed E-state index contributed by atoms with van der Waals surface area (Å²) >= 11 is 6.33. The van der Waals surface area contributed by atoms with Crippen LogP contribution in [0.2, 0.25) is 5.15 Å². The molecule has 2 fully saturated rings. The van der Waals surface area contributed by atoms with Gasteiger partial charge in [-0.3, -0.25) is 5.10 Å². The first-order valence-corrected chi connectivity index (χ1v) is 13.4. The Morgan fingerprint density at radius 1 is 1.32 bits per heavy atom. The number of nitrogens with one attached hydrogen (secondary N) is 2. The fourth-order valence-corrected chi connectivity index (χ4v) is 5.71. The normalized spacial score (nSPS) is 24.5. The molecule has 3 aromatic heterocycles. The van der Waals surface area contributed by atoms with Gasteiger partial charge in [0.05, 0.1) is 29.4 Å². The number of aromatic nitrogens is 5. The minimum atomic E-state index is -0.681. The number of alkyl carbamates (subject to hydrolysis) is 1. The van der Waals surface area contributed by atoms with Crippen LogP contribution in [0.1, 0.15) is 53.5 Å². The van der Waals surface area contributed by atoms with Crippen LogP contribution in [0.4, 0.5) is 10.5 Å². The third kappa shape index (κ3) is 5.74. The summed E-state index contributed by atoms with van der Waals surface area (Å²) in [6, 6.07) is 1.99. The highest BCUT2D eigenvalue weighted by atomic mass is 35.5. The Hall–Kier alpha value is -2.89. The van der Waals surface area contributed by atoms with Crippen molar-refractivity contribution >= 4 is 34.4 Å². The topological polar surface area (TPSA) is 119 Å². The zero-order valence-corrected chi connectivity index (χ0v) is 23.2. The quantitative estimate of drug-likeness (QED) is 0.317. The van der Waals surface area contributed by atoms with Crippen LogP contribution in [-0.4, -0.2) is 74.1 Å². The highest BCUT2D eigenvalue weighted by Crippen LogP contribution is 2.48. The van der Waals surface area contributed by atoms with Crippen molar-refractivity contribution in [3.8, 4) is 0 Å². The Balaban J connectivity index is 1.31. The first-order chi connectivity index (χ1) is 18.0. The first kappa shape index (κ1) is 26.7. The summed E-state index contributed by atoms with van der Waals surface area (Å²) in [4.78, 5) is 23.0. The fourth-order valence-electron chi connectivity index (χ4n) is 5.52. The van der Waals surface area contributed by atoms with Crippen LogP contribution >= 0.6 is 11.6 Å². The zero-order chi connectivity index (χ0) is 27.1. The third-order valence-corrected chi connectivity index (χ3v) is 7.25. The van der Waals surface area contributed by atoms with Crippen LogP contribution in [0.25, 0.3) is 11.0 Å². The number of hydrogen-bond donors (Lipinski definition) is 2. The van der Waals surface area contributed by atoms with Gasteiger partial charge in [-0.2, -0.15) is 5.10 Å². The van der Waals surface area contributed by atoms with Crippen LogP contribution in [-0.2, 0) is 14.2 Å². The molecule has 5 rings (SSSR count). The van der Waals surface area contributed by atoms with E-state index in [1.807, 2.05) is 59.3 Å². The Morgan fingerprint density at radius 3 is 2.84 bits per heavy atom. The second kappa shape index (κ2) is 10.3. The van der Waals surface area contributed by atoms with Gasteiger partial charge >= 0.3 is 6.09 Å². The number of hydrogen-bond acceptors (Lipinski definition) is 8. The van der Waals surface area contributed by atoms with E-state index < -0.39 is 17.5 Å². The van der Waals surface area contributed by atoms with Crippen LogP contribution < -0.4 is 10.2 Å². The van der Waals surface area contributed by atoms with E-state index in [-0.39, 0.29) is 24.2 Å². The van der Waals surface area contributed by atoms with Gasteiger partial charge < -0.3 is 29.0 Å². The van der Waals surface area contributed by atoms with E-state index in [1.54, 1.807) is 0 Å². The van der Waals surface area contributed by atoms with E-state index in [2.05, 4.69) is 34.9 Å². The van der Waals surface area contributed by atoms with Gasteiger partial charge in [0.2, 0.25) is 0 Å². The molecular formula is C26H36ClN7O4. The van der Waals surface area contributed by atoms with Crippen LogP contribution in [0.15, 0.2) is 31.0 Å². The minimum absolute atomic E-state index is 0.0373. The highest BCUT2D eigenvalue weighted by molar-refractivity contribution is 6.33. The summed E-state index contributed by atoms with van der Waals surface area (Å²) in [5, 5.41) is 11.2. The van der Waals surface area contributed by atoms with Gasteiger partial charge in [-0.25, -0.2) is 14.8 Å². The lowest BCUT2D eigenvalue weighted by atomic mass is 10.0. The van der Waals surface area contributed by atoms with E-state index in [9.17, 15) is 4.79 Å². The second-order valence-corrected chi connectivity index (χ2v) is 11.8. The molecule has 206 valence electrons. The molecule has 1 saturated carbocycles. The summed E-state index contributed by atoms with van der Waals surface area (Å²) in [6.45, 7) is 11.5. The van der Waals surface area contributed by atoms with E-state index in [1.165, 1.54) is 6.33 Å². The molecule has 0 aromatic carbocycles. The molecule has 1 amide bonds. The summed E-state index contributed by atoms with van der Waals surface area (Å²) < 4.78 is 20.4. The number of nitrogens with zero attached hydrogens (tertiary/aromatic N) is 5. The lowest BCUT2D eigenvalue weighted by Crippen LogP contribution is -2.38. The Bertz CT molecular complexity index is 1260. The van der Waals surface area contributed by atoms with Crippen LogP contribution in [0.3, 0.4) is 0 Å². The molecule has 38 heavy (non-hydrogen) atoms. The maximum Gasteiger partial charge on any atom is 0.407 e. The molecule has 0 spiro atoms. The number of H-pyrrole nitrogens is 1. The number of ether oxygens (including phenoxy) is 3. The maximum absolute atomic E-state index is 12.0. The SMILES string of the molecule is CC(C)(C)OC(=O)NCCCN(C[C@H]1C[C@@H](n2ccc3c(Cl)ncnc32)[C@@H]2OC(C)(C)O[C@H]12)c1cn[nH]c1. The predicted octanol–water partition coefficient (Wildman–Crippen LogP) is 4.31. The van der Waals surface area contributed by atoms with Gasteiger partial charge in [-0.15, -0.1) is 0 Å². The van der Waals surface area contributed by atoms with Crippen molar-refractivity contribution < 1.29 is 19.0 Å². The van der Waals surface area contributed by atoms with Crippen molar-refractivity contribution in [2.45, 2.75) is 77.1 Å². The van der Waals surface area contributed by atoms with Crippen molar-refractivity contribution in [2.75, 3.05) is 24.5 Å². The predicted molar refractivity (Wildman–Crippen MR) is 143 cm³/mol. The monoisotopic (exact) mass is 545 g/mol. The van der Waals surface area contributed by atoms with Crippen molar-refractivity contribution in [1.29, 1.82) is 0 Å². The summed E-state index contributed by atoms with van der Waals surface area (Å²) in [5.41, 5.74) is 1.26. The number of carbonyl (C=O) groups is 1. The fraction of sp³-hybridized carbons (Fsp3) is 0.615. The largest absolute Gasteiger partial charge is 0.444 e. The van der Waals surface area contributed by atoms with Gasteiger partial charge in [0.25, 0.3) is 0 Å². The van der Waals surface area contributed by atoms with Crippen molar-refractivity contribution in [3.05, 3.63) is 36.1 Å².